The van der Waals surface area contributed by atoms with Crippen molar-refractivity contribution in [2.75, 3.05) is 16.0 Å². The zero-order chi connectivity index (χ0) is 20.7. The fraction of sp³-hybridized carbons (Fsp3) is 0.217. The number of nitrogens with one attached hydrogen (secondary N) is 4. The Kier molecular flexibility index (Phi) is 4.52. The highest BCUT2D eigenvalue weighted by molar-refractivity contribution is 6.15. The number of aromatic nitrogens is 1. The van der Waals surface area contributed by atoms with E-state index in [1.54, 1.807) is 24.4 Å². The Labute approximate surface area is 174 Å². The Morgan fingerprint density at radius 2 is 1.93 bits per heavy atom. The molecule has 0 bridgehead atoms. The summed E-state index contributed by atoms with van der Waals surface area (Å²) in [5.74, 6) is 0.403. The van der Waals surface area contributed by atoms with Gasteiger partial charge in [0.15, 0.2) is 0 Å². The van der Waals surface area contributed by atoms with Crippen LogP contribution in [0.2, 0.25) is 0 Å². The first-order chi connectivity index (χ1) is 14.6. The van der Waals surface area contributed by atoms with Gasteiger partial charge in [-0.25, -0.2) is 4.98 Å². The van der Waals surface area contributed by atoms with E-state index in [1.165, 1.54) is 12.8 Å². The molecule has 0 atom stereocenters. The van der Waals surface area contributed by atoms with E-state index in [2.05, 4.69) is 32.3 Å². The Balaban J connectivity index is 1.46. The molecular formula is C23H23N5O2. The molecule has 5 N–H and O–H groups in total. The molecule has 0 unspecified atom stereocenters. The molecule has 0 radical (unpaired) electrons. The van der Waals surface area contributed by atoms with Crippen LogP contribution >= 0.6 is 0 Å². The van der Waals surface area contributed by atoms with Crippen LogP contribution in [0.3, 0.4) is 0 Å². The van der Waals surface area contributed by atoms with E-state index in [4.69, 9.17) is 0 Å². The lowest BCUT2D eigenvalue weighted by atomic mass is 10.1. The normalized spacial score (nSPS) is 14.8. The SMILES string of the molecule is Cc1ccc(O)cc1Nc1ccnc2c1C(=O)Nc1cc(CNC3CC3)ccc1N2. The van der Waals surface area contributed by atoms with Gasteiger partial charge >= 0.3 is 0 Å². The maximum absolute atomic E-state index is 13.1. The number of nitrogens with zero attached hydrogens (tertiary/aromatic N) is 1. The van der Waals surface area contributed by atoms with Crippen LogP contribution in [-0.2, 0) is 6.54 Å². The van der Waals surface area contributed by atoms with Crippen molar-refractivity contribution in [1.29, 1.82) is 0 Å². The lowest BCUT2D eigenvalue weighted by Gasteiger charge is -2.14. The standard InChI is InChI=1S/C23H23N5O2/c1-13-2-6-16(29)11-19(13)26-18-8-9-24-22-21(18)23(30)28-20-10-14(3-7-17(20)27-22)12-25-15-4-5-15/h2-3,6-11,15,25,29H,4-5,12H2,1H3,(H,28,30)(H2,24,26,27). The number of hydrogen-bond donors (Lipinski definition) is 5. The summed E-state index contributed by atoms with van der Waals surface area (Å²) in [4.78, 5) is 17.5. The highest BCUT2D eigenvalue weighted by Gasteiger charge is 2.24. The molecule has 0 saturated heterocycles. The zero-order valence-electron chi connectivity index (χ0n) is 16.6. The number of phenols is 1. The smallest absolute Gasteiger partial charge is 0.261 e. The maximum atomic E-state index is 13.1. The van der Waals surface area contributed by atoms with Gasteiger partial charge in [0, 0.05) is 30.5 Å². The molecule has 2 aromatic carbocycles. The van der Waals surface area contributed by atoms with E-state index in [0.29, 0.717) is 23.1 Å². The van der Waals surface area contributed by atoms with Crippen LogP contribution in [0.25, 0.3) is 0 Å². The zero-order valence-corrected chi connectivity index (χ0v) is 16.6. The summed E-state index contributed by atoms with van der Waals surface area (Å²) >= 11 is 0. The second kappa shape index (κ2) is 7.35. The second-order valence-corrected chi connectivity index (χ2v) is 7.82. The van der Waals surface area contributed by atoms with Gasteiger partial charge in [-0.15, -0.1) is 0 Å². The van der Waals surface area contributed by atoms with Crippen molar-refractivity contribution in [2.45, 2.75) is 32.4 Å². The number of benzene rings is 2. The van der Waals surface area contributed by atoms with Gasteiger partial charge in [0.25, 0.3) is 5.91 Å². The quantitative estimate of drug-likeness (QED) is 0.435. The van der Waals surface area contributed by atoms with E-state index in [9.17, 15) is 9.90 Å². The third-order valence-corrected chi connectivity index (χ3v) is 5.43. The number of phenolic OH excluding ortho intramolecular Hbond substituents is 1. The molecule has 152 valence electrons. The molecule has 2 aliphatic rings. The molecule has 7 nitrogen and oxygen atoms in total. The van der Waals surface area contributed by atoms with Gasteiger partial charge in [-0.3, -0.25) is 4.79 Å². The molecule has 1 aromatic heterocycles. The summed E-state index contributed by atoms with van der Waals surface area (Å²) < 4.78 is 0. The molecule has 7 heteroatoms. The highest BCUT2D eigenvalue weighted by atomic mass is 16.3. The van der Waals surface area contributed by atoms with Crippen molar-refractivity contribution in [3.05, 3.63) is 65.4 Å². The number of aromatic hydroxyl groups is 1. The summed E-state index contributed by atoms with van der Waals surface area (Å²) in [6, 6.07) is 13.5. The fourth-order valence-corrected chi connectivity index (χ4v) is 3.56. The minimum absolute atomic E-state index is 0.158. The van der Waals surface area contributed by atoms with Gasteiger partial charge in [0.1, 0.15) is 17.1 Å². The van der Waals surface area contributed by atoms with Gasteiger partial charge in [-0.2, -0.15) is 0 Å². The molecule has 3 aromatic rings. The van der Waals surface area contributed by atoms with Gasteiger partial charge in [0.2, 0.25) is 0 Å². The van der Waals surface area contributed by atoms with E-state index < -0.39 is 0 Å². The van der Waals surface area contributed by atoms with Crippen molar-refractivity contribution in [1.82, 2.24) is 10.3 Å². The number of rotatable bonds is 5. The minimum Gasteiger partial charge on any atom is -0.508 e. The van der Waals surface area contributed by atoms with Crippen molar-refractivity contribution in [2.24, 2.45) is 0 Å². The Hall–Kier alpha value is -3.58. The Morgan fingerprint density at radius 3 is 2.77 bits per heavy atom. The third kappa shape index (κ3) is 3.67. The van der Waals surface area contributed by atoms with Crippen LogP contribution in [-0.4, -0.2) is 22.0 Å². The molecule has 1 fully saturated rings. The van der Waals surface area contributed by atoms with Crippen LogP contribution < -0.4 is 21.3 Å². The van der Waals surface area contributed by atoms with E-state index in [1.807, 2.05) is 25.1 Å². The first-order valence-corrected chi connectivity index (χ1v) is 10.1. The van der Waals surface area contributed by atoms with Gasteiger partial charge in [-0.05, 0) is 55.2 Å². The van der Waals surface area contributed by atoms with Gasteiger partial charge in [0.05, 0.1) is 17.1 Å². The molecule has 1 saturated carbocycles. The average Bonchev–Trinajstić information content (AvgIpc) is 3.56. The third-order valence-electron chi connectivity index (χ3n) is 5.43. The van der Waals surface area contributed by atoms with E-state index in [0.717, 1.165) is 34.7 Å². The predicted octanol–water partition coefficient (Wildman–Crippen LogP) is 4.40. The monoisotopic (exact) mass is 401 g/mol. The molecule has 5 rings (SSSR count). The van der Waals surface area contributed by atoms with Crippen molar-refractivity contribution in [3.63, 3.8) is 0 Å². The summed E-state index contributed by atoms with van der Waals surface area (Å²) in [6.07, 6.45) is 4.12. The number of anilines is 5. The minimum atomic E-state index is -0.239. The number of aryl methyl sites for hydroxylation is 1. The highest BCUT2D eigenvalue weighted by Crippen LogP contribution is 2.36. The van der Waals surface area contributed by atoms with Crippen LogP contribution in [0.1, 0.15) is 34.3 Å². The number of hydrogen-bond acceptors (Lipinski definition) is 6. The maximum Gasteiger partial charge on any atom is 0.261 e. The number of pyridine rings is 1. The topological polar surface area (TPSA) is 98.3 Å². The average molecular weight is 401 g/mol. The lowest BCUT2D eigenvalue weighted by molar-refractivity contribution is 0.102. The molecule has 30 heavy (non-hydrogen) atoms. The summed E-state index contributed by atoms with van der Waals surface area (Å²) in [6.45, 7) is 2.72. The number of amides is 1. The molecule has 1 aliphatic heterocycles. The summed E-state index contributed by atoms with van der Waals surface area (Å²) in [7, 11) is 0. The van der Waals surface area contributed by atoms with E-state index in [-0.39, 0.29) is 11.7 Å². The van der Waals surface area contributed by atoms with Crippen molar-refractivity contribution >= 4 is 34.5 Å². The molecule has 0 spiro atoms. The second-order valence-electron chi connectivity index (χ2n) is 7.82. The fourth-order valence-electron chi connectivity index (χ4n) is 3.56. The first kappa shape index (κ1) is 18.4. The van der Waals surface area contributed by atoms with Crippen LogP contribution in [0, 0.1) is 6.92 Å². The molecule has 1 amide bonds. The largest absolute Gasteiger partial charge is 0.508 e. The van der Waals surface area contributed by atoms with Crippen molar-refractivity contribution < 1.29 is 9.90 Å². The number of fused-ring (bicyclic) bond motifs is 2. The summed E-state index contributed by atoms with van der Waals surface area (Å²) in [5, 5.41) is 22.9. The predicted molar refractivity (Wildman–Crippen MR) is 118 cm³/mol. The molecule has 1 aliphatic carbocycles. The number of carbonyl (C=O) groups excluding carboxylic acids is 1. The van der Waals surface area contributed by atoms with Gasteiger partial charge in [-0.1, -0.05) is 12.1 Å². The van der Waals surface area contributed by atoms with Gasteiger partial charge < -0.3 is 26.4 Å². The Bertz CT molecular complexity index is 1140. The molecular weight excluding hydrogens is 378 g/mol. The van der Waals surface area contributed by atoms with Crippen LogP contribution in [0.4, 0.5) is 28.6 Å². The summed E-state index contributed by atoms with van der Waals surface area (Å²) in [5.41, 5.74) is 5.37. The van der Waals surface area contributed by atoms with Crippen LogP contribution in [0.15, 0.2) is 48.7 Å². The molecule has 2 heterocycles. The van der Waals surface area contributed by atoms with Crippen LogP contribution in [0.5, 0.6) is 5.75 Å². The Morgan fingerprint density at radius 1 is 1.07 bits per heavy atom. The lowest BCUT2D eigenvalue weighted by Crippen LogP contribution is -2.16. The van der Waals surface area contributed by atoms with Crippen molar-refractivity contribution in [3.8, 4) is 5.75 Å². The first-order valence-electron chi connectivity index (χ1n) is 10.1. The van der Waals surface area contributed by atoms with E-state index >= 15 is 0 Å². The number of carbonyl (C=O) groups is 1.